The summed E-state index contributed by atoms with van der Waals surface area (Å²) in [4.78, 5) is 2.88. The first-order valence-electron chi connectivity index (χ1n) is 14.4. The first kappa shape index (κ1) is 39.7. The van der Waals surface area contributed by atoms with Crippen LogP contribution in [0.1, 0.15) is 52.5 Å². The molecule has 0 aromatic heterocycles. The topological polar surface area (TPSA) is 157 Å². The Kier molecular flexibility index (Phi) is 15.2. The van der Waals surface area contributed by atoms with E-state index in [2.05, 4.69) is 15.1 Å². The van der Waals surface area contributed by atoms with Crippen LogP contribution < -0.4 is 14.1 Å². The van der Waals surface area contributed by atoms with Gasteiger partial charge < -0.3 is 18.5 Å². The lowest BCUT2D eigenvalue weighted by Crippen LogP contribution is -2.33. The third-order valence-corrected chi connectivity index (χ3v) is 15.5. The van der Waals surface area contributed by atoms with Crippen molar-refractivity contribution >= 4 is 45.9 Å². The van der Waals surface area contributed by atoms with Crippen LogP contribution in [0.3, 0.4) is 0 Å². The van der Waals surface area contributed by atoms with Crippen LogP contribution in [-0.4, -0.2) is 63.8 Å². The minimum atomic E-state index is -3.88. The molecule has 0 aliphatic carbocycles. The summed E-state index contributed by atoms with van der Waals surface area (Å²) in [5, 5.41) is 7.69. The van der Waals surface area contributed by atoms with Crippen molar-refractivity contribution in [3.8, 4) is 11.5 Å². The molecule has 0 fully saturated rings. The molecule has 0 saturated carbocycles. The Morgan fingerprint density at radius 3 is 1.87 bits per heavy atom. The van der Waals surface area contributed by atoms with Crippen LogP contribution >= 0.6 is 22.2 Å². The van der Waals surface area contributed by atoms with E-state index in [1.54, 1.807) is 54.3 Å². The van der Waals surface area contributed by atoms with E-state index in [1.807, 2.05) is 40.0 Å². The van der Waals surface area contributed by atoms with Crippen molar-refractivity contribution in [2.75, 3.05) is 46.4 Å². The minimum Gasteiger partial charge on any atom is -0.481 e. The molecule has 2 aromatic carbocycles. The molecule has 46 heavy (non-hydrogen) atoms. The van der Waals surface area contributed by atoms with Crippen LogP contribution in [0.25, 0.3) is 10.4 Å². The van der Waals surface area contributed by atoms with Gasteiger partial charge in [0.2, 0.25) is 0 Å². The Bertz CT molecular complexity index is 1460. The van der Waals surface area contributed by atoms with Crippen molar-refractivity contribution in [1.82, 2.24) is 4.78 Å². The van der Waals surface area contributed by atoms with Gasteiger partial charge in [0.25, 0.3) is 0 Å². The second kappa shape index (κ2) is 17.6. The van der Waals surface area contributed by atoms with Crippen molar-refractivity contribution in [2.45, 2.75) is 58.0 Å². The number of ether oxygens (including phenoxy) is 2. The average Bonchev–Trinajstić information content (AvgIpc) is 3.08. The maximum atomic E-state index is 13.4. The number of benzene rings is 2. The fraction of sp³-hybridized carbons (Fsp3) is 0.536. The molecule has 2 rings (SSSR count). The van der Waals surface area contributed by atoms with Crippen LogP contribution in [0.15, 0.2) is 58.7 Å². The number of nitrogens with zero attached hydrogens (tertiary/aromatic N) is 6. The number of rotatable bonds is 20. The van der Waals surface area contributed by atoms with E-state index < -0.39 is 33.3 Å². The summed E-state index contributed by atoms with van der Waals surface area (Å²) in [7, 11) is -0.711. The molecule has 2 aromatic rings. The van der Waals surface area contributed by atoms with Gasteiger partial charge in [0.15, 0.2) is 11.1 Å². The lowest BCUT2D eigenvalue weighted by Gasteiger charge is -2.37. The average molecular weight is 719 g/mol. The van der Waals surface area contributed by atoms with Gasteiger partial charge in [-0.15, -0.1) is 0 Å². The predicted octanol–water partition coefficient (Wildman–Crippen LogP) is 8.60. The number of hydrogen-bond acceptors (Lipinski definition) is 11. The minimum absolute atomic E-state index is 0.376. The molecule has 14 nitrogen and oxygen atoms in total. The Morgan fingerprint density at radius 1 is 0.891 bits per heavy atom. The molecular weight excluding hydrogens is 673 g/mol. The van der Waals surface area contributed by atoms with Crippen LogP contribution in [0, 0.1) is 0 Å². The highest BCUT2D eigenvalue weighted by Crippen LogP contribution is 2.59. The van der Waals surface area contributed by atoms with E-state index in [0.717, 1.165) is 5.56 Å². The second-order valence-corrected chi connectivity index (χ2v) is 17.8. The quantitative estimate of drug-likeness (QED) is 0.0322. The highest BCUT2D eigenvalue weighted by Gasteiger charge is 2.39. The van der Waals surface area contributed by atoms with E-state index in [4.69, 9.17) is 44.9 Å². The van der Waals surface area contributed by atoms with Gasteiger partial charge in [-0.25, -0.2) is 4.57 Å². The zero-order chi connectivity index (χ0) is 34.6. The van der Waals surface area contributed by atoms with Crippen LogP contribution in [0.4, 0.5) is 5.69 Å². The third kappa shape index (κ3) is 10.0. The predicted molar refractivity (Wildman–Crippen MR) is 187 cm³/mol. The zero-order valence-corrected chi connectivity index (χ0v) is 31.4. The van der Waals surface area contributed by atoms with Gasteiger partial charge in [-0.3, -0.25) is 23.1 Å². The normalized spacial score (nSPS) is 14.3. The molecular formula is C28H45N6O8P3S. The number of hydrogen-bond donors (Lipinski definition) is 0. The number of hydrazone groups is 1. The molecule has 0 saturated heterocycles. The van der Waals surface area contributed by atoms with Crippen LogP contribution in [0.2, 0.25) is 0 Å². The smallest absolute Gasteiger partial charge is 0.435 e. The molecule has 0 radical (unpaired) electrons. The Balaban J connectivity index is 2.27. The van der Waals surface area contributed by atoms with Gasteiger partial charge in [-0.2, -0.15) is 5.10 Å². The fourth-order valence-electron chi connectivity index (χ4n) is 4.21. The summed E-state index contributed by atoms with van der Waals surface area (Å²) in [6.07, 6.45) is 3.13. The maximum Gasteiger partial charge on any atom is 0.435 e. The van der Waals surface area contributed by atoms with Gasteiger partial charge in [0, 0.05) is 46.1 Å². The van der Waals surface area contributed by atoms with Crippen molar-refractivity contribution in [3.63, 3.8) is 0 Å². The van der Waals surface area contributed by atoms with E-state index in [1.165, 1.54) is 33.1 Å². The molecule has 0 aliphatic rings. The highest BCUT2D eigenvalue weighted by molar-refractivity contribution is 8.04. The van der Waals surface area contributed by atoms with E-state index in [-0.39, 0.29) is 6.29 Å². The molecule has 0 aliphatic heterocycles. The molecule has 2 unspecified atom stereocenters. The first-order chi connectivity index (χ1) is 21.8. The monoisotopic (exact) mass is 718 g/mol. The van der Waals surface area contributed by atoms with Crippen molar-refractivity contribution < 1.29 is 36.7 Å². The maximum absolute atomic E-state index is 13.4. The molecule has 18 heteroatoms. The highest BCUT2D eigenvalue weighted by atomic mass is 32.4. The Hall–Kier alpha value is -2.43. The molecule has 0 heterocycles. The number of azide groups is 1. The standard InChI is InChI=1S/C28H45N6O8P3S/c1-10-27(4,31-32-29)41-25-17-13-23(14-18-25)21-30-33(5)43(46)28(11-2,12-3)42-26-19-15-24(16-20-26)34(45(36,39-8)40-9)22-44(35,37-6)38-7/h13-21,43H,10-12,22H2,1-9H3/b30-21+. The van der Waals surface area contributed by atoms with E-state index in [9.17, 15) is 9.13 Å². The van der Waals surface area contributed by atoms with Crippen molar-refractivity contribution in [2.24, 2.45) is 10.2 Å². The summed E-state index contributed by atoms with van der Waals surface area (Å²) < 4.78 is 62.2. The second-order valence-electron chi connectivity index (χ2n) is 10.1. The van der Waals surface area contributed by atoms with Gasteiger partial charge in [-0.05, 0) is 90.9 Å². The fourth-order valence-corrected chi connectivity index (χ4v) is 9.82. The molecule has 0 spiro atoms. The van der Waals surface area contributed by atoms with Gasteiger partial charge >= 0.3 is 15.3 Å². The van der Waals surface area contributed by atoms with Gasteiger partial charge in [0.05, 0.1) is 13.1 Å². The van der Waals surface area contributed by atoms with Crippen molar-refractivity contribution in [3.05, 3.63) is 64.5 Å². The molecule has 0 bridgehead atoms. The third-order valence-electron chi connectivity index (χ3n) is 7.40. The summed E-state index contributed by atoms with van der Waals surface area (Å²) in [5.41, 5.74) is 9.09. The van der Waals surface area contributed by atoms with Crippen molar-refractivity contribution in [1.29, 1.82) is 0 Å². The molecule has 2 atom stereocenters. The summed E-state index contributed by atoms with van der Waals surface area (Å²) in [6, 6.07) is 14.0. The Morgan fingerprint density at radius 2 is 1.41 bits per heavy atom. The summed E-state index contributed by atoms with van der Waals surface area (Å²) >= 11 is 6.05. The van der Waals surface area contributed by atoms with E-state index in [0.29, 0.717) is 36.4 Å². The summed E-state index contributed by atoms with van der Waals surface area (Å²) in [5.74, 6) is 1.12. The lowest BCUT2D eigenvalue weighted by molar-refractivity contribution is 0.0921. The van der Waals surface area contributed by atoms with Crippen LogP contribution in [-0.2, 0) is 39.0 Å². The zero-order valence-electron chi connectivity index (χ0n) is 27.8. The SMILES string of the molecule is CCC(C)(N=[N+]=[N-])Oc1ccc(/C=N/N(C)[PH](=S)C(CC)(CC)Oc2ccc(N(CP(=O)(OC)OC)P(=O)(OC)OC)cc2)cc1. The first-order valence-corrected chi connectivity index (χ1v) is 20.2. The Labute approximate surface area is 277 Å². The van der Waals surface area contributed by atoms with Gasteiger partial charge in [-0.1, -0.05) is 32.6 Å². The van der Waals surface area contributed by atoms with Crippen LogP contribution in [0.5, 0.6) is 11.5 Å². The molecule has 0 amide bonds. The number of anilines is 1. The molecule has 256 valence electrons. The summed E-state index contributed by atoms with van der Waals surface area (Å²) in [6.45, 7) is 5.86. The lowest BCUT2D eigenvalue weighted by atomic mass is 10.2. The molecule has 0 N–H and O–H groups in total. The largest absolute Gasteiger partial charge is 0.481 e. The van der Waals surface area contributed by atoms with Gasteiger partial charge in [0.1, 0.15) is 17.8 Å². The van der Waals surface area contributed by atoms with E-state index >= 15 is 0 Å².